The van der Waals surface area contributed by atoms with E-state index in [-0.39, 0.29) is 6.04 Å². The molecule has 0 radical (unpaired) electrons. The summed E-state index contributed by atoms with van der Waals surface area (Å²) < 4.78 is 0. The number of aromatic nitrogens is 1. The lowest BCUT2D eigenvalue weighted by molar-refractivity contribution is 0.644. The highest BCUT2D eigenvalue weighted by Gasteiger charge is 2.01. The van der Waals surface area contributed by atoms with Crippen LogP contribution in [0.2, 0.25) is 0 Å². The van der Waals surface area contributed by atoms with Gasteiger partial charge in [-0.3, -0.25) is 0 Å². The monoisotopic (exact) mass is 156 g/mol. The first-order valence-corrected chi connectivity index (χ1v) is 4.35. The summed E-state index contributed by atoms with van der Waals surface area (Å²) in [7, 11) is 0. The van der Waals surface area contributed by atoms with E-state index in [1.54, 1.807) is 11.3 Å². The summed E-state index contributed by atoms with van der Waals surface area (Å²) in [5.41, 5.74) is 5.73. The molecule has 3 heteroatoms. The van der Waals surface area contributed by atoms with Crippen molar-refractivity contribution in [2.45, 2.75) is 25.8 Å². The molecule has 1 atom stereocenters. The van der Waals surface area contributed by atoms with E-state index in [4.69, 9.17) is 5.73 Å². The lowest BCUT2D eigenvalue weighted by atomic mass is 10.2. The van der Waals surface area contributed by atoms with E-state index in [0.717, 1.165) is 17.8 Å². The van der Waals surface area contributed by atoms with Crippen LogP contribution in [-0.4, -0.2) is 11.0 Å². The van der Waals surface area contributed by atoms with Crippen molar-refractivity contribution in [2.24, 2.45) is 5.73 Å². The standard InChI is InChI=1S/C7H12N2S/c1-2-6(8)5-7-9-3-4-10-7/h3-4,6H,2,5,8H2,1H3. The van der Waals surface area contributed by atoms with Crippen LogP contribution in [0.5, 0.6) is 0 Å². The van der Waals surface area contributed by atoms with E-state index < -0.39 is 0 Å². The molecule has 1 heterocycles. The number of hydrogen-bond acceptors (Lipinski definition) is 3. The Morgan fingerprint density at radius 3 is 3.10 bits per heavy atom. The lowest BCUT2D eigenvalue weighted by Gasteiger charge is -2.03. The van der Waals surface area contributed by atoms with Gasteiger partial charge in [-0.25, -0.2) is 4.98 Å². The Bertz CT molecular complexity index is 172. The molecule has 10 heavy (non-hydrogen) atoms. The quantitative estimate of drug-likeness (QED) is 0.719. The van der Waals surface area contributed by atoms with E-state index in [1.807, 2.05) is 11.6 Å². The van der Waals surface area contributed by atoms with Crippen molar-refractivity contribution in [2.75, 3.05) is 0 Å². The fourth-order valence-electron chi connectivity index (χ4n) is 0.722. The van der Waals surface area contributed by atoms with Gasteiger partial charge in [0.2, 0.25) is 0 Å². The smallest absolute Gasteiger partial charge is 0.0940 e. The molecule has 0 spiro atoms. The number of hydrogen-bond donors (Lipinski definition) is 1. The van der Waals surface area contributed by atoms with Crippen LogP contribution in [0.4, 0.5) is 0 Å². The molecule has 0 aliphatic rings. The summed E-state index contributed by atoms with van der Waals surface area (Å²) in [5, 5.41) is 3.13. The summed E-state index contributed by atoms with van der Waals surface area (Å²) in [5.74, 6) is 0. The molecular weight excluding hydrogens is 144 g/mol. The van der Waals surface area contributed by atoms with Crippen LogP contribution in [0.25, 0.3) is 0 Å². The molecule has 0 saturated carbocycles. The molecule has 1 aromatic heterocycles. The Morgan fingerprint density at radius 1 is 1.80 bits per heavy atom. The topological polar surface area (TPSA) is 38.9 Å². The van der Waals surface area contributed by atoms with Crippen molar-refractivity contribution >= 4 is 11.3 Å². The number of rotatable bonds is 3. The van der Waals surface area contributed by atoms with Crippen LogP contribution in [0.15, 0.2) is 11.6 Å². The molecule has 0 fully saturated rings. The summed E-state index contributed by atoms with van der Waals surface area (Å²) >= 11 is 1.68. The van der Waals surface area contributed by atoms with Gasteiger partial charge in [-0.05, 0) is 6.42 Å². The van der Waals surface area contributed by atoms with Gasteiger partial charge in [-0.15, -0.1) is 11.3 Å². The van der Waals surface area contributed by atoms with Crippen molar-refractivity contribution in [1.82, 2.24) is 4.98 Å². The molecule has 0 aliphatic carbocycles. The average Bonchev–Trinajstić information content (AvgIpc) is 2.40. The lowest BCUT2D eigenvalue weighted by Crippen LogP contribution is -2.21. The first kappa shape index (κ1) is 7.69. The summed E-state index contributed by atoms with van der Waals surface area (Å²) in [6, 6.07) is 0.283. The van der Waals surface area contributed by atoms with Crippen molar-refractivity contribution in [3.05, 3.63) is 16.6 Å². The van der Waals surface area contributed by atoms with Gasteiger partial charge in [0, 0.05) is 24.0 Å². The molecule has 0 aliphatic heterocycles. The molecule has 0 saturated heterocycles. The predicted octanol–water partition coefficient (Wildman–Crippen LogP) is 1.42. The maximum atomic E-state index is 5.73. The van der Waals surface area contributed by atoms with Crippen molar-refractivity contribution in [3.8, 4) is 0 Å². The van der Waals surface area contributed by atoms with E-state index >= 15 is 0 Å². The Balaban J connectivity index is 2.40. The maximum absolute atomic E-state index is 5.73. The average molecular weight is 156 g/mol. The van der Waals surface area contributed by atoms with Gasteiger partial charge in [0.05, 0.1) is 5.01 Å². The highest BCUT2D eigenvalue weighted by molar-refractivity contribution is 7.09. The second-order valence-electron chi connectivity index (χ2n) is 2.30. The zero-order chi connectivity index (χ0) is 7.40. The van der Waals surface area contributed by atoms with Crippen LogP contribution < -0.4 is 5.73 Å². The highest BCUT2D eigenvalue weighted by atomic mass is 32.1. The van der Waals surface area contributed by atoms with Crippen LogP contribution in [0.3, 0.4) is 0 Å². The second-order valence-corrected chi connectivity index (χ2v) is 3.28. The van der Waals surface area contributed by atoms with Crippen LogP contribution in [0.1, 0.15) is 18.4 Å². The summed E-state index contributed by atoms with van der Waals surface area (Å²) in [6.45, 7) is 2.10. The SMILES string of the molecule is CCC(N)Cc1nccs1. The van der Waals surface area contributed by atoms with Crippen LogP contribution in [0, 0.1) is 0 Å². The molecule has 1 unspecified atom stereocenters. The van der Waals surface area contributed by atoms with Crippen molar-refractivity contribution in [1.29, 1.82) is 0 Å². The van der Waals surface area contributed by atoms with E-state index in [2.05, 4.69) is 11.9 Å². The predicted molar refractivity (Wildman–Crippen MR) is 44.1 cm³/mol. The number of thiazole rings is 1. The number of nitrogens with zero attached hydrogens (tertiary/aromatic N) is 1. The Labute approximate surface area is 65.1 Å². The van der Waals surface area contributed by atoms with Crippen LogP contribution >= 0.6 is 11.3 Å². The zero-order valence-corrected chi connectivity index (χ0v) is 6.90. The zero-order valence-electron chi connectivity index (χ0n) is 6.08. The first-order valence-electron chi connectivity index (χ1n) is 3.47. The molecule has 2 nitrogen and oxygen atoms in total. The number of nitrogens with two attached hydrogens (primary N) is 1. The summed E-state index contributed by atoms with van der Waals surface area (Å²) in [6.07, 6.45) is 3.77. The molecule has 0 aromatic carbocycles. The Hall–Kier alpha value is -0.410. The fourth-order valence-corrected chi connectivity index (χ4v) is 1.43. The second kappa shape index (κ2) is 3.68. The molecule has 2 N–H and O–H groups in total. The van der Waals surface area contributed by atoms with Gasteiger partial charge >= 0.3 is 0 Å². The Morgan fingerprint density at radius 2 is 2.60 bits per heavy atom. The molecule has 56 valence electrons. The first-order chi connectivity index (χ1) is 4.83. The third-order valence-electron chi connectivity index (χ3n) is 1.44. The maximum Gasteiger partial charge on any atom is 0.0940 e. The summed E-state index contributed by atoms with van der Waals surface area (Å²) in [4.78, 5) is 4.14. The van der Waals surface area contributed by atoms with Gasteiger partial charge in [-0.2, -0.15) is 0 Å². The third kappa shape index (κ3) is 2.08. The van der Waals surface area contributed by atoms with Gasteiger partial charge in [0.1, 0.15) is 0 Å². The normalized spacial score (nSPS) is 13.4. The minimum atomic E-state index is 0.283. The van der Waals surface area contributed by atoms with Crippen LogP contribution in [-0.2, 0) is 6.42 Å². The third-order valence-corrected chi connectivity index (χ3v) is 2.25. The van der Waals surface area contributed by atoms with E-state index in [9.17, 15) is 0 Å². The molecule has 0 bridgehead atoms. The molecule has 1 aromatic rings. The minimum absolute atomic E-state index is 0.283. The van der Waals surface area contributed by atoms with Gasteiger partial charge in [0.15, 0.2) is 0 Å². The molecular formula is C7H12N2S. The van der Waals surface area contributed by atoms with Crippen molar-refractivity contribution < 1.29 is 0 Å². The molecule has 0 amide bonds. The highest BCUT2D eigenvalue weighted by Crippen LogP contribution is 2.06. The van der Waals surface area contributed by atoms with Gasteiger partial charge < -0.3 is 5.73 Å². The van der Waals surface area contributed by atoms with Crippen molar-refractivity contribution in [3.63, 3.8) is 0 Å². The van der Waals surface area contributed by atoms with E-state index in [0.29, 0.717) is 0 Å². The van der Waals surface area contributed by atoms with Gasteiger partial charge in [0.25, 0.3) is 0 Å². The molecule has 1 rings (SSSR count). The Kier molecular flexibility index (Phi) is 2.83. The minimum Gasteiger partial charge on any atom is -0.327 e. The van der Waals surface area contributed by atoms with Gasteiger partial charge in [-0.1, -0.05) is 6.92 Å². The van der Waals surface area contributed by atoms with E-state index in [1.165, 1.54) is 0 Å². The largest absolute Gasteiger partial charge is 0.327 e. The fraction of sp³-hybridized carbons (Fsp3) is 0.571.